The van der Waals surface area contributed by atoms with E-state index in [9.17, 15) is 4.79 Å². The molecule has 0 heterocycles. The zero-order valence-electron chi connectivity index (χ0n) is 6.80. The number of nitrogens with two attached hydrogens (primary N) is 1. The Morgan fingerprint density at radius 3 is 2.83 bits per heavy atom. The van der Waals surface area contributed by atoms with Crippen LogP contribution in [0.3, 0.4) is 0 Å². The third-order valence-corrected chi connectivity index (χ3v) is 1.78. The lowest BCUT2D eigenvalue weighted by Gasteiger charge is -2.02. The molecule has 0 amide bonds. The third kappa shape index (κ3) is 2.24. The van der Waals surface area contributed by atoms with Crippen molar-refractivity contribution in [3.8, 4) is 0 Å². The van der Waals surface area contributed by atoms with Gasteiger partial charge in [0.2, 0.25) is 0 Å². The van der Waals surface area contributed by atoms with Crippen molar-refractivity contribution in [2.75, 3.05) is 5.73 Å². The second kappa shape index (κ2) is 3.59. The van der Waals surface area contributed by atoms with Gasteiger partial charge in [-0.2, -0.15) is 0 Å². The molecular formula is C9H10ClNO. The molecule has 0 saturated heterocycles. The van der Waals surface area contributed by atoms with Crippen LogP contribution in [0.1, 0.15) is 12.5 Å². The number of carbonyl (C=O) groups excluding carboxylic acids is 1. The molecule has 0 atom stereocenters. The van der Waals surface area contributed by atoms with Gasteiger partial charge in [0.05, 0.1) is 0 Å². The molecule has 0 aliphatic carbocycles. The monoisotopic (exact) mass is 183 g/mol. The molecule has 2 N–H and O–H groups in total. The molecule has 3 heteroatoms. The highest BCUT2D eigenvalue weighted by molar-refractivity contribution is 6.30. The van der Waals surface area contributed by atoms with Crippen LogP contribution in [0.25, 0.3) is 0 Å². The van der Waals surface area contributed by atoms with Gasteiger partial charge in [0.25, 0.3) is 0 Å². The molecule has 1 aromatic carbocycles. The van der Waals surface area contributed by atoms with Crippen LogP contribution in [0.2, 0.25) is 5.02 Å². The minimum absolute atomic E-state index is 0.0870. The third-order valence-electron chi connectivity index (χ3n) is 1.54. The molecule has 0 radical (unpaired) electrons. The van der Waals surface area contributed by atoms with E-state index < -0.39 is 0 Å². The maximum atomic E-state index is 10.8. The van der Waals surface area contributed by atoms with Gasteiger partial charge in [-0.15, -0.1) is 0 Å². The maximum Gasteiger partial charge on any atom is 0.134 e. The predicted octanol–water partition coefficient (Wildman–Crippen LogP) is 2.05. The average molecular weight is 184 g/mol. The van der Waals surface area contributed by atoms with Crippen LogP contribution in [-0.2, 0) is 11.2 Å². The Labute approximate surface area is 76.3 Å². The van der Waals surface area contributed by atoms with E-state index in [0.717, 1.165) is 5.56 Å². The second-order valence-corrected chi connectivity index (χ2v) is 3.16. The van der Waals surface area contributed by atoms with Gasteiger partial charge in [-0.1, -0.05) is 11.6 Å². The van der Waals surface area contributed by atoms with Gasteiger partial charge in [0.1, 0.15) is 5.78 Å². The summed E-state index contributed by atoms with van der Waals surface area (Å²) in [7, 11) is 0. The smallest absolute Gasteiger partial charge is 0.134 e. The molecule has 0 aliphatic heterocycles. The van der Waals surface area contributed by atoms with Crippen LogP contribution in [-0.4, -0.2) is 5.78 Å². The van der Waals surface area contributed by atoms with Crippen molar-refractivity contribution in [3.05, 3.63) is 28.8 Å². The number of halogens is 1. The quantitative estimate of drug-likeness (QED) is 0.714. The van der Waals surface area contributed by atoms with E-state index >= 15 is 0 Å². The van der Waals surface area contributed by atoms with Gasteiger partial charge in [-0.3, -0.25) is 4.79 Å². The lowest BCUT2D eigenvalue weighted by Crippen LogP contribution is -2.00. The minimum atomic E-state index is 0.0870. The summed E-state index contributed by atoms with van der Waals surface area (Å²) in [6.45, 7) is 1.53. The van der Waals surface area contributed by atoms with E-state index in [-0.39, 0.29) is 5.78 Å². The number of nitrogen functional groups attached to an aromatic ring is 1. The van der Waals surface area contributed by atoms with Crippen molar-refractivity contribution in [1.82, 2.24) is 0 Å². The standard InChI is InChI=1S/C9H10ClNO/c1-6(12)4-7-5-8(10)2-3-9(7)11/h2-3,5H,4,11H2,1H3. The van der Waals surface area contributed by atoms with E-state index in [4.69, 9.17) is 17.3 Å². The Balaban J connectivity index is 2.97. The van der Waals surface area contributed by atoms with Gasteiger partial charge < -0.3 is 5.73 Å². The Morgan fingerprint density at radius 2 is 2.25 bits per heavy atom. The van der Waals surface area contributed by atoms with E-state index in [1.54, 1.807) is 18.2 Å². The topological polar surface area (TPSA) is 43.1 Å². The van der Waals surface area contributed by atoms with Gasteiger partial charge in [0.15, 0.2) is 0 Å². The number of ketones is 1. The fourth-order valence-corrected chi connectivity index (χ4v) is 1.19. The summed E-state index contributed by atoms with van der Waals surface area (Å²) in [4.78, 5) is 10.8. The number of benzene rings is 1. The molecule has 1 rings (SSSR count). The molecule has 0 saturated carbocycles. The number of carbonyl (C=O) groups is 1. The van der Waals surface area contributed by atoms with Gasteiger partial charge in [-0.25, -0.2) is 0 Å². The largest absolute Gasteiger partial charge is 0.398 e. The first kappa shape index (κ1) is 9.07. The molecular weight excluding hydrogens is 174 g/mol. The summed E-state index contributed by atoms with van der Waals surface area (Å²) in [6.07, 6.45) is 0.354. The number of Topliss-reactive ketones (excluding diaryl/α,β-unsaturated/α-hetero) is 1. The van der Waals surface area contributed by atoms with E-state index in [0.29, 0.717) is 17.1 Å². The molecule has 2 nitrogen and oxygen atoms in total. The maximum absolute atomic E-state index is 10.8. The lowest BCUT2D eigenvalue weighted by atomic mass is 10.1. The van der Waals surface area contributed by atoms with Crippen molar-refractivity contribution >= 4 is 23.1 Å². The zero-order valence-corrected chi connectivity index (χ0v) is 7.56. The van der Waals surface area contributed by atoms with Gasteiger partial charge in [0, 0.05) is 17.1 Å². The number of hydrogen-bond donors (Lipinski definition) is 1. The highest BCUT2D eigenvalue weighted by Crippen LogP contribution is 2.18. The predicted molar refractivity (Wildman–Crippen MR) is 50.2 cm³/mol. The summed E-state index contributed by atoms with van der Waals surface area (Å²) in [5.74, 6) is 0.0870. The van der Waals surface area contributed by atoms with Crippen LogP contribution in [0, 0.1) is 0 Å². The molecule has 0 fully saturated rings. The molecule has 0 aliphatic rings. The first-order valence-corrected chi connectivity index (χ1v) is 4.00. The molecule has 1 aromatic rings. The Kier molecular flexibility index (Phi) is 2.71. The second-order valence-electron chi connectivity index (χ2n) is 2.72. The Bertz CT molecular complexity index is 309. The average Bonchev–Trinajstić information content (AvgIpc) is 1.96. The van der Waals surface area contributed by atoms with Crippen LogP contribution in [0.15, 0.2) is 18.2 Å². The molecule has 0 aromatic heterocycles. The summed E-state index contributed by atoms with van der Waals surface area (Å²) in [5.41, 5.74) is 7.05. The lowest BCUT2D eigenvalue weighted by molar-refractivity contribution is -0.116. The highest BCUT2D eigenvalue weighted by Gasteiger charge is 2.02. The van der Waals surface area contributed by atoms with E-state index in [1.807, 2.05) is 0 Å². The van der Waals surface area contributed by atoms with Crippen molar-refractivity contribution in [3.63, 3.8) is 0 Å². The highest BCUT2D eigenvalue weighted by atomic mass is 35.5. The van der Waals surface area contributed by atoms with Gasteiger partial charge in [-0.05, 0) is 30.7 Å². The summed E-state index contributed by atoms with van der Waals surface area (Å²) < 4.78 is 0. The van der Waals surface area contributed by atoms with Crippen LogP contribution in [0.4, 0.5) is 5.69 Å². The number of hydrogen-bond acceptors (Lipinski definition) is 2. The van der Waals surface area contributed by atoms with Crippen molar-refractivity contribution in [2.45, 2.75) is 13.3 Å². The summed E-state index contributed by atoms with van der Waals surface area (Å²) in [6, 6.07) is 5.14. The number of rotatable bonds is 2. The SMILES string of the molecule is CC(=O)Cc1cc(Cl)ccc1N. The van der Waals surface area contributed by atoms with Crippen LogP contribution < -0.4 is 5.73 Å². The van der Waals surface area contributed by atoms with Gasteiger partial charge >= 0.3 is 0 Å². The molecule has 12 heavy (non-hydrogen) atoms. The molecule has 0 spiro atoms. The van der Waals surface area contributed by atoms with Crippen LogP contribution >= 0.6 is 11.6 Å². The van der Waals surface area contributed by atoms with Crippen molar-refractivity contribution in [2.24, 2.45) is 0 Å². The first-order chi connectivity index (χ1) is 5.59. The molecule has 0 bridgehead atoms. The normalized spacial score (nSPS) is 9.83. The molecule has 0 unspecified atom stereocenters. The molecule has 64 valence electrons. The fraction of sp³-hybridized carbons (Fsp3) is 0.222. The summed E-state index contributed by atoms with van der Waals surface area (Å²) in [5, 5.41) is 0.612. The zero-order chi connectivity index (χ0) is 9.14. The van der Waals surface area contributed by atoms with Crippen molar-refractivity contribution < 1.29 is 4.79 Å². The minimum Gasteiger partial charge on any atom is -0.398 e. The van der Waals surface area contributed by atoms with Crippen molar-refractivity contribution in [1.29, 1.82) is 0 Å². The first-order valence-electron chi connectivity index (χ1n) is 3.63. The number of anilines is 1. The van der Waals surface area contributed by atoms with Crippen LogP contribution in [0.5, 0.6) is 0 Å². The van der Waals surface area contributed by atoms with E-state index in [2.05, 4.69) is 0 Å². The van der Waals surface area contributed by atoms with E-state index in [1.165, 1.54) is 6.92 Å². The fourth-order valence-electron chi connectivity index (χ4n) is 0.996. The Morgan fingerprint density at radius 1 is 1.58 bits per heavy atom. The summed E-state index contributed by atoms with van der Waals surface area (Å²) >= 11 is 5.73. The Hall–Kier alpha value is -1.02.